The van der Waals surface area contributed by atoms with E-state index in [1.807, 2.05) is 11.9 Å². The second-order valence-corrected chi connectivity index (χ2v) is 3.93. The Labute approximate surface area is 101 Å². The topological polar surface area (TPSA) is 115 Å². The Morgan fingerprint density at radius 2 is 2.17 bits per heavy atom. The molecule has 1 aromatic heterocycles. The van der Waals surface area contributed by atoms with Gasteiger partial charge in [-0.25, -0.2) is 4.79 Å². The van der Waals surface area contributed by atoms with Gasteiger partial charge in [-0.2, -0.15) is 0 Å². The highest BCUT2D eigenvalue weighted by molar-refractivity contribution is 5.80. The van der Waals surface area contributed by atoms with Gasteiger partial charge >= 0.3 is 16.9 Å². The van der Waals surface area contributed by atoms with Crippen LogP contribution in [0, 0.1) is 16.0 Å². The quantitative estimate of drug-likeness (QED) is 0.590. The summed E-state index contributed by atoms with van der Waals surface area (Å²) in [7, 11) is 0. The Kier molecular flexibility index (Phi) is 4.13. The molecule has 0 amide bonds. The highest BCUT2D eigenvalue weighted by atomic mass is 16.6. The van der Waals surface area contributed by atoms with Gasteiger partial charge in [0.25, 0.3) is 0 Å². The van der Waals surface area contributed by atoms with Crippen molar-refractivity contribution >= 4 is 11.5 Å². The molecule has 0 aromatic carbocycles. The third kappa shape index (κ3) is 2.90. The van der Waals surface area contributed by atoms with Gasteiger partial charge in [0.15, 0.2) is 5.78 Å². The third-order valence-electron chi connectivity index (χ3n) is 2.68. The van der Waals surface area contributed by atoms with E-state index >= 15 is 0 Å². The lowest BCUT2D eigenvalue weighted by molar-refractivity contribution is -0.386. The van der Waals surface area contributed by atoms with Crippen LogP contribution in [0.4, 0.5) is 5.69 Å². The SMILES string of the molecule is CCC(C)C(=O)Cn1cc([N+](=O)[O-])c(=O)[nH]c1=O. The largest absolute Gasteiger partial charge is 0.350 e. The number of hydrogen-bond donors (Lipinski definition) is 1. The van der Waals surface area contributed by atoms with E-state index in [1.165, 1.54) is 0 Å². The van der Waals surface area contributed by atoms with Crippen molar-refractivity contribution in [2.75, 3.05) is 0 Å². The molecule has 0 aliphatic carbocycles. The van der Waals surface area contributed by atoms with Crippen molar-refractivity contribution in [3.63, 3.8) is 0 Å². The van der Waals surface area contributed by atoms with Gasteiger partial charge in [0.05, 0.1) is 17.7 Å². The number of nitrogens with one attached hydrogen (secondary N) is 1. The van der Waals surface area contributed by atoms with E-state index in [2.05, 4.69) is 0 Å². The summed E-state index contributed by atoms with van der Waals surface area (Å²) in [5, 5.41) is 10.5. The lowest BCUT2D eigenvalue weighted by Gasteiger charge is -2.08. The maximum Gasteiger partial charge on any atom is 0.350 e. The minimum Gasteiger partial charge on any atom is -0.297 e. The number of hydrogen-bond acceptors (Lipinski definition) is 5. The number of aromatic nitrogens is 2. The molecule has 1 unspecified atom stereocenters. The van der Waals surface area contributed by atoms with Crippen LogP contribution in [0.15, 0.2) is 15.8 Å². The average molecular weight is 255 g/mol. The molecule has 1 aromatic rings. The zero-order chi connectivity index (χ0) is 13.9. The summed E-state index contributed by atoms with van der Waals surface area (Å²) in [5.41, 5.74) is -2.66. The molecule has 18 heavy (non-hydrogen) atoms. The Morgan fingerprint density at radius 1 is 1.56 bits per heavy atom. The fourth-order valence-corrected chi connectivity index (χ4v) is 1.30. The Bertz CT molecular complexity index is 586. The summed E-state index contributed by atoms with van der Waals surface area (Å²) in [5.74, 6) is -0.469. The molecule has 0 saturated carbocycles. The van der Waals surface area contributed by atoms with Crippen molar-refractivity contribution in [1.29, 1.82) is 0 Å². The maximum atomic E-state index is 11.6. The van der Waals surface area contributed by atoms with Crippen LogP contribution < -0.4 is 11.2 Å². The smallest absolute Gasteiger partial charge is 0.297 e. The molecule has 0 radical (unpaired) electrons. The van der Waals surface area contributed by atoms with Crippen LogP contribution in [0.5, 0.6) is 0 Å². The summed E-state index contributed by atoms with van der Waals surface area (Å²) < 4.78 is 0.841. The number of ketones is 1. The van der Waals surface area contributed by atoms with Crippen molar-refractivity contribution < 1.29 is 9.72 Å². The lowest BCUT2D eigenvalue weighted by Crippen LogP contribution is -2.33. The summed E-state index contributed by atoms with van der Waals surface area (Å²) in [6.07, 6.45) is 1.40. The number of carbonyl (C=O) groups excluding carboxylic acids is 1. The van der Waals surface area contributed by atoms with Crippen molar-refractivity contribution in [3.05, 3.63) is 37.1 Å². The van der Waals surface area contributed by atoms with Gasteiger partial charge in [0.1, 0.15) is 0 Å². The van der Waals surface area contributed by atoms with Crippen molar-refractivity contribution in [1.82, 2.24) is 9.55 Å². The summed E-state index contributed by atoms with van der Waals surface area (Å²) in [6, 6.07) is 0. The summed E-state index contributed by atoms with van der Waals surface area (Å²) in [4.78, 5) is 45.6. The van der Waals surface area contributed by atoms with Crippen LogP contribution in [-0.2, 0) is 11.3 Å². The summed E-state index contributed by atoms with van der Waals surface area (Å²) in [6.45, 7) is 3.24. The highest BCUT2D eigenvalue weighted by Crippen LogP contribution is 2.05. The molecule has 98 valence electrons. The van der Waals surface area contributed by atoms with E-state index in [4.69, 9.17) is 0 Å². The first-order chi connectivity index (χ1) is 8.36. The lowest BCUT2D eigenvalue weighted by atomic mass is 10.0. The van der Waals surface area contributed by atoms with Gasteiger partial charge < -0.3 is 0 Å². The Morgan fingerprint density at radius 3 is 2.67 bits per heavy atom. The van der Waals surface area contributed by atoms with Gasteiger partial charge in [-0.3, -0.25) is 29.3 Å². The maximum absolute atomic E-state index is 11.6. The molecule has 0 saturated heterocycles. The van der Waals surface area contributed by atoms with Crippen LogP contribution in [0.2, 0.25) is 0 Å². The normalized spacial score (nSPS) is 12.1. The van der Waals surface area contributed by atoms with Crippen molar-refractivity contribution in [3.8, 4) is 0 Å². The molecule has 0 spiro atoms. The van der Waals surface area contributed by atoms with E-state index in [0.29, 0.717) is 6.42 Å². The van der Waals surface area contributed by atoms with E-state index < -0.39 is 21.9 Å². The van der Waals surface area contributed by atoms with Crippen LogP contribution in [-0.4, -0.2) is 20.3 Å². The predicted octanol–water partition coefficient (Wildman–Crippen LogP) is 0.0600. The Balaban J connectivity index is 3.14. The molecule has 0 bridgehead atoms. The van der Waals surface area contributed by atoms with E-state index in [-0.39, 0.29) is 18.2 Å². The van der Waals surface area contributed by atoms with Crippen LogP contribution >= 0.6 is 0 Å². The van der Waals surface area contributed by atoms with Crippen molar-refractivity contribution in [2.45, 2.75) is 26.8 Å². The Hall–Kier alpha value is -2.25. The number of aromatic amines is 1. The fourth-order valence-electron chi connectivity index (χ4n) is 1.30. The molecule has 8 heteroatoms. The second kappa shape index (κ2) is 5.39. The minimum absolute atomic E-state index is 0.221. The molecular weight excluding hydrogens is 242 g/mol. The van der Waals surface area contributed by atoms with Crippen molar-refractivity contribution in [2.24, 2.45) is 5.92 Å². The van der Waals surface area contributed by atoms with Gasteiger partial charge in [0.2, 0.25) is 0 Å². The van der Waals surface area contributed by atoms with Crippen LogP contribution in [0.1, 0.15) is 20.3 Å². The monoisotopic (exact) mass is 255 g/mol. The number of carbonyl (C=O) groups is 1. The van der Waals surface area contributed by atoms with Gasteiger partial charge in [-0.15, -0.1) is 0 Å². The van der Waals surface area contributed by atoms with E-state index in [1.54, 1.807) is 6.92 Å². The molecule has 0 fully saturated rings. The molecule has 8 nitrogen and oxygen atoms in total. The minimum atomic E-state index is -1.07. The zero-order valence-corrected chi connectivity index (χ0v) is 10.0. The molecule has 0 aliphatic heterocycles. The number of nitro groups is 1. The number of nitrogens with zero attached hydrogens (tertiary/aromatic N) is 2. The first-order valence-electron chi connectivity index (χ1n) is 5.37. The van der Waals surface area contributed by atoms with Gasteiger partial charge in [-0.1, -0.05) is 13.8 Å². The molecule has 1 N–H and O–H groups in total. The van der Waals surface area contributed by atoms with Gasteiger partial charge in [-0.05, 0) is 6.42 Å². The third-order valence-corrected chi connectivity index (χ3v) is 2.68. The number of rotatable bonds is 5. The number of H-pyrrole nitrogens is 1. The molecular formula is C10H13N3O5. The number of Topliss-reactive ketones (excluding diaryl/α,β-unsaturated/α-hetero) is 1. The highest BCUT2D eigenvalue weighted by Gasteiger charge is 2.17. The predicted molar refractivity (Wildman–Crippen MR) is 62.4 cm³/mol. The fraction of sp³-hybridized carbons (Fsp3) is 0.500. The summed E-state index contributed by atoms with van der Waals surface area (Å²) >= 11 is 0. The first-order valence-corrected chi connectivity index (χ1v) is 5.37. The van der Waals surface area contributed by atoms with Crippen LogP contribution in [0.3, 0.4) is 0 Å². The zero-order valence-electron chi connectivity index (χ0n) is 10.0. The standard InChI is InChI=1S/C10H13N3O5/c1-3-6(2)8(14)5-12-4-7(13(17)18)9(15)11-10(12)16/h4,6H,3,5H2,1-2H3,(H,11,15,16). The van der Waals surface area contributed by atoms with Gasteiger partial charge in [0, 0.05) is 5.92 Å². The first kappa shape index (κ1) is 13.8. The molecule has 1 heterocycles. The van der Waals surface area contributed by atoms with Crippen LogP contribution in [0.25, 0.3) is 0 Å². The van der Waals surface area contributed by atoms with E-state index in [9.17, 15) is 24.5 Å². The van der Waals surface area contributed by atoms with E-state index in [0.717, 1.165) is 10.8 Å². The molecule has 0 aliphatic rings. The molecule has 1 rings (SSSR count). The average Bonchev–Trinajstić information content (AvgIpc) is 2.30. The molecule has 1 atom stereocenters. The second-order valence-electron chi connectivity index (χ2n) is 3.93.